The van der Waals surface area contributed by atoms with Gasteiger partial charge in [-0.1, -0.05) is 0 Å². The molecule has 0 aliphatic heterocycles. The number of anilines is 1. The molecule has 2 N–H and O–H groups in total. The molecule has 68 valence electrons. The Balaban J connectivity index is 2.81. The first-order valence-electron chi connectivity index (χ1n) is 3.58. The average Bonchev–Trinajstić information content (AvgIpc) is 2.55. The Kier molecular flexibility index (Phi) is 2.75. The molecule has 1 heterocycles. The van der Waals surface area contributed by atoms with Crippen molar-refractivity contribution in [2.24, 2.45) is 0 Å². The van der Waals surface area contributed by atoms with Gasteiger partial charge < -0.3 is 5.73 Å². The van der Waals surface area contributed by atoms with Crippen LogP contribution in [0.15, 0.2) is 28.9 Å². The highest BCUT2D eigenvalue weighted by molar-refractivity contribution is 14.2. The molecule has 0 radical (unpaired) electrons. The lowest BCUT2D eigenvalue weighted by atomic mass is 10.2. The van der Waals surface area contributed by atoms with E-state index < -0.39 is 0 Å². The number of rotatable bonds is 1. The molecule has 0 saturated heterocycles. The van der Waals surface area contributed by atoms with Gasteiger partial charge in [-0.05, 0) is 34.1 Å². The summed E-state index contributed by atoms with van der Waals surface area (Å²) >= 11 is 5.65. The molecule has 1 aromatic heterocycles. The van der Waals surface area contributed by atoms with Crippen LogP contribution in [0.1, 0.15) is 0 Å². The molecule has 2 aromatic rings. The minimum atomic E-state index is 0.807. The number of benzene rings is 1. The lowest BCUT2D eigenvalue weighted by molar-refractivity contribution is 1.37. The van der Waals surface area contributed by atoms with Crippen LogP contribution in [0, 0.1) is 0 Å². The van der Waals surface area contributed by atoms with Crippen molar-refractivity contribution in [3.63, 3.8) is 0 Å². The van der Waals surface area contributed by atoms with Gasteiger partial charge in [-0.15, -0.1) is 0 Å². The molecule has 0 unspecified atom stereocenters. The van der Waals surface area contributed by atoms with E-state index in [0.717, 1.165) is 21.1 Å². The molecular formula is C8H6BrIN2S. The summed E-state index contributed by atoms with van der Waals surface area (Å²) in [5.74, 6) is 0. The molecule has 0 atom stereocenters. The van der Waals surface area contributed by atoms with Gasteiger partial charge in [0.05, 0.1) is 11.2 Å². The van der Waals surface area contributed by atoms with Crippen LogP contribution in [0.4, 0.5) is 5.69 Å². The van der Waals surface area contributed by atoms with Gasteiger partial charge in [-0.2, -0.15) is 0 Å². The van der Waals surface area contributed by atoms with Crippen LogP contribution < -0.4 is 5.73 Å². The maximum atomic E-state index is 5.91. The van der Waals surface area contributed by atoms with E-state index in [9.17, 15) is 0 Å². The second kappa shape index (κ2) is 3.70. The largest absolute Gasteiger partial charge is 0.397 e. The van der Waals surface area contributed by atoms with Crippen molar-refractivity contribution < 1.29 is 0 Å². The minimum Gasteiger partial charge on any atom is -0.397 e. The van der Waals surface area contributed by atoms with Crippen LogP contribution in [-0.2, 0) is 0 Å². The summed E-state index contributed by atoms with van der Waals surface area (Å²) < 4.78 is 3.04. The van der Waals surface area contributed by atoms with E-state index in [4.69, 9.17) is 5.73 Å². The fourth-order valence-corrected chi connectivity index (χ4v) is 2.96. The second-order valence-electron chi connectivity index (χ2n) is 2.60. The van der Waals surface area contributed by atoms with E-state index in [2.05, 4.69) is 47.2 Å². The predicted octanol–water partition coefficient (Wildman–Crippen LogP) is 3.83. The zero-order valence-electron chi connectivity index (χ0n) is 6.50. The SMILES string of the molecule is Nc1c(Br)ccc2c1ccn2SI. The van der Waals surface area contributed by atoms with Gasteiger partial charge in [-0.25, -0.2) is 0 Å². The van der Waals surface area contributed by atoms with Crippen molar-refractivity contribution in [3.05, 3.63) is 28.9 Å². The smallest absolute Gasteiger partial charge is 0.0620 e. The summed E-state index contributed by atoms with van der Waals surface area (Å²) in [5.41, 5.74) is 7.87. The summed E-state index contributed by atoms with van der Waals surface area (Å²) in [6.45, 7) is 0. The number of hydrogen-bond acceptors (Lipinski definition) is 2. The normalized spacial score (nSPS) is 10.9. The first kappa shape index (κ1) is 9.67. The third-order valence-electron chi connectivity index (χ3n) is 1.90. The van der Waals surface area contributed by atoms with Crippen LogP contribution >= 0.6 is 46.3 Å². The fraction of sp³-hybridized carbons (Fsp3) is 0. The van der Waals surface area contributed by atoms with E-state index in [-0.39, 0.29) is 0 Å². The number of fused-ring (bicyclic) bond motifs is 1. The maximum Gasteiger partial charge on any atom is 0.0620 e. The van der Waals surface area contributed by atoms with Gasteiger partial charge in [0.15, 0.2) is 0 Å². The average molecular weight is 369 g/mol. The van der Waals surface area contributed by atoms with Crippen LogP contribution in [-0.4, -0.2) is 3.97 Å². The van der Waals surface area contributed by atoms with Gasteiger partial charge >= 0.3 is 0 Å². The Hall–Kier alpha value is 0.120. The molecule has 1 aromatic carbocycles. The third-order valence-corrected chi connectivity index (χ3v) is 4.33. The molecule has 0 amide bonds. The van der Waals surface area contributed by atoms with E-state index in [1.807, 2.05) is 18.3 Å². The molecule has 5 heteroatoms. The van der Waals surface area contributed by atoms with Crippen molar-refractivity contribution in [1.29, 1.82) is 0 Å². The second-order valence-corrected chi connectivity index (χ2v) is 5.17. The molecule has 0 saturated carbocycles. The molecular weight excluding hydrogens is 363 g/mol. The summed E-state index contributed by atoms with van der Waals surface area (Å²) in [6.07, 6.45) is 2.02. The summed E-state index contributed by atoms with van der Waals surface area (Å²) in [4.78, 5) is 0. The first-order chi connectivity index (χ1) is 6.24. The van der Waals surface area contributed by atoms with Crippen LogP contribution in [0.3, 0.4) is 0 Å². The van der Waals surface area contributed by atoms with Crippen molar-refractivity contribution in [3.8, 4) is 0 Å². The topological polar surface area (TPSA) is 30.9 Å². The molecule has 0 aliphatic carbocycles. The quantitative estimate of drug-likeness (QED) is 0.612. The standard InChI is InChI=1S/C8H6BrIN2S/c9-6-1-2-7-5(8(6)11)3-4-12(7)13-10/h1-4H,11H2. The van der Waals surface area contributed by atoms with Crippen molar-refractivity contribution >= 4 is 62.8 Å². The molecule has 0 aliphatic rings. The first-order valence-corrected chi connectivity index (χ1v) is 7.69. The van der Waals surface area contributed by atoms with E-state index >= 15 is 0 Å². The van der Waals surface area contributed by atoms with Gasteiger partial charge in [0.25, 0.3) is 0 Å². The lowest BCUT2D eigenvalue weighted by Crippen LogP contribution is -1.87. The van der Waals surface area contributed by atoms with Crippen molar-refractivity contribution in [2.45, 2.75) is 0 Å². The predicted molar refractivity (Wildman–Crippen MR) is 71.1 cm³/mol. The van der Waals surface area contributed by atoms with Crippen LogP contribution in [0.5, 0.6) is 0 Å². The van der Waals surface area contributed by atoms with Gasteiger partial charge in [0.1, 0.15) is 0 Å². The van der Waals surface area contributed by atoms with Gasteiger partial charge in [-0.3, -0.25) is 3.97 Å². The fourth-order valence-electron chi connectivity index (χ4n) is 1.25. The number of hydrogen-bond donors (Lipinski definition) is 1. The van der Waals surface area contributed by atoms with Gasteiger partial charge in [0, 0.05) is 46.4 Å². The number of nitrogen functional groups attached to an aromatic ring is 1. The monoisotopic (exact) mass is 368 g/mol. The lowest BCUT2D eigenvalue weighted by Gasteiger charge is -2.01. The van der Waals surface area contributed by atoms with E-state index in [0.29, 0.717) is 0 Å². The Morgan fingerprint density at radius 1 is 1.38 bits per heavy atom. The Morgan fingerprint density at radius 3 is 2.85 bits per heavy atom. The van der Waals surface area contributed by atoms with Crippen LogP contribution in [0.2, 0.25) is 0 Å². The maximum absolute atomic E-state index is 5.91. The summed E-state index contributed by atoms with van der Waals surface area (Å²) in [6, 6.07) is 6.06. The third kappa shape index (κ3) is 1.57. The highest BCUT2D eigenvalue weighted by Crippen LogP contribution is 2.32. The van der Waals surface area contributed by atoms with E-state index in [1.54, 1.807) is 9.12 Å². The Labute approximate surface area is 101 Å². The summed E-state index contributed by atoms with van der Waals surface area (Å²) in [7, 11) is 1.64. The van der Waals surface area contributed by atoms with Gasteiger partial charge in [0.2, 0.25) is 0 Å². The highest BCUT2D eigenvalue weighted by atomic mass is 127. The highest BCUT2D eigenvalue weighted by Gasteiger charge is 2.05. The molecule has 0 spiro atoms. The number of aromatic nitrogens is 1. The minimum absolute atomic E-state index is 0.807. The Morgan fingerprint density at radius 2 is 2.15 bits per heavy atom. The van der Waals surface area contributed by atoms with Crippen molar-refractivity contribution in [1.82, 2.24) is 3.97 Å². The molecule has 0 fully saturated rings. The molecule has 0 bridgehead atoms. The van der Waals surface area contributed by atoms with Crippen LogP contribution in [0.25, 0.3) is 10.9 Å². The van der Waals surface area contributed by atoms with Crippen molar-refractivity contribution in [2.75, 3.05) is 5.73 Å². The number of nitrogens with two attached hydrogens (primary N) is 1. The Bertz CT molecular complexity index is 455. The molecule has 13 heavy (non-hydrogen) atoms. The number of nitrogens with zero attached hydrogens (tertiary/aromatic N) is 1. The molecule has 2 nitrogen and oxygen atoms in total. The zero-order chi connectivity index (χ0) is 9.42. The zero-order valence-corrected chi connectivity index (χ0v) is 11.1. The number of halogens is 2. The summed E-state index contributed by atoms with van der Waals surface area (Å²) in [5, 5.41) is 1.10. The molecule has 2 rings (SSSR count). The van der Waals surface area contributed by atoms with E-state index in [1.165, 1.54) is 0 Å².